The first-order chi connectivity index (χ1) is 18.6. The van der Waals surface area contributed by atoms with Gasteiger partial charge in [0.2, 0.25) is 0 Å². The van der Waals surface area contributed by atoms with Gasteiger partial charge in [0.15, 0.2) is 10.5 Å². The molecule has 0 unspecified atom stereocenters. The van der Waals surface area contributed by atoms with Gasteiger partial charge in [-0.3, -0.25) is 9.36 Å². The third-order valence-corrected chi connectivity index (χ3v) is 7.52. The average molecular weight is 638 g/mol. The number of esters is 1. The Morgan fingerprint density at radius 2 is 1.95 bits per heavy atom. The highest BCUT2D eigenvalue weighted by Gasteiger charge is 2.45. The molecule has 1 aliphatic rings. The van der Waals surface area contributed by atoms with E-state index in [1.165, 1.54) is 37.3 Å². The van der Waals surface area contributed by atoms with E-state index in [0.717, 1.165) is 25.9 Å². The van der Waals surface area contributed by atoms with E-state index in [2.05, 4.69) is 20.9 Å². The molecule has 12 heteroatoms. The zero-order valence-electron chi connectivity index (χ0n) is 20.0. The van der Waals surface area contributed by atoms with Crippen molar-refractivity contribution in [1.82, 2.24) is 4.57 Å². The largest absolute Gasteiger partial charge is 0.463 e. The van der Waals surface area contributed by atoms with Crippen LogP contribution < -0.4 is 14.9 Å². The van der Waals surface area contributed by atoms with E-state index in [1.54, 1.807) is 12.1 Å². The standard InChI is InChI=1S/C27H17BrClF3N2O4S/c1-2-37-25(36)21-22(14-6-8-17(29)9-7-14)34-24(35)20(39-26(34)33-23(21)27(30,31)32)13-18-10-11-19(38-18)15-4-3-5-16(28)12-15/h3-13,22H,2H2,1H3/b20-13-/t22-/m0/s1. The SMILES string of the molecule is CCOC(=O)C1=C(C(F)(F)F)N=c2s/c(=C\c3ccc(-c4cccc(Br)c4)o3)c(=O)n2[C@H]1c1ccc(Cl)cc1. The summed E-state index contributed by atoms with van der Waals surface area (Å²) in [5, 5.41) is 0.336. The van der Waals surface area contributed by atoms with Gasteiger partial charge in [-0.1, -0.05) is 63.1 Å². The number of furan rings is 1. The molecule has 0 saturated carbocycles. The zero-order chi connectivity index (χ0) is 27.9. The van der Waals surface area contributed by atoms with Gasteiger partial charge in [-0.05, 0) is 48.9 Å². The van der Waals surface area contributed by atoms with Gasteiger partial charge in [-0.15, -0.1) is 0 Å². The van der Waals surface area contributed by atoms with Crippen LogP contribution in [0.5, 0.6) is 0 Å². The van der Waals surface area contributed by atoms with E-state index in [0.29, 0.717) is 16.5 Å². The first-order valence-corrected chi connectivity index (χ1v) is 13.5. The van der Waals surface area contributed by atoms with Crippen LogP contribution in [-0.2, 0) is 9.53 Å². The number of nitrogens with zero attached hydrogens (tertiary/aromatic N) is 2. The average Bonchev–Trinajstić information content (AvgIpc) is 3.48. The number of carbonyl (C=O) groups excluding carboxylic acids is 1. The van der Waals surface area contributed by atoms with E-state index < -0.39 is 35.0 Å². The Morgan fingerprint density at radius 1 is 1.21 bits per heavy atom. The first kappa shape index (κ1) is 27.2. The first-order valence-electron chi connectivity index (χ1n) is 11.5. The van der Waals surface area contributed by atoms with Crippen molar-refractivity contribution in [2.75, 3.05) is 6.61 Å². The number of rotatable bonds is 5. The maximum absolute atomic E-state index is 14.2. The van der Waals surface area contributed by atoms with Crippen molar-refractivity contribution in [3.63, 3.8) is 0 Å². The lowest BCUT2D eigenvalue weighted by molar-refractivity contribution is -0.140. The molecule has 0 bridgehead atoms. The molecule has 3 heterocycles. The smallest absolute Gasteiger partial charge is 0.434 e. The van der Waals surface area contributed by atoms with E-state index >= 15 is 0 Å². The van der Waals surface area contributed by atoms with Gasteiger partial charge in [-0.2, -0.15) is 13.2 Å². The molecule has 1 atom stereocenters. The molecule has 2 aromatic carbocycles. The lowest BCUT2D eigenvalue weighted by atomic mass is 9.95. The molecule has 0 fully saturated rings. The van der Waals surface area contributed by atoms with E-state index in [9.17, 15) is 22.8 Å². The van der Waals surface area contributed by atoms with Crippen LogP contribution in [0, 0.1) is 0 Å². The van der Waals surface area contributed by atoms with Crippen LogP contribution >= 0.6 is 38.9 Å². The summed E-state index contributed by atoms with van der Waals surface area (Å²) in [5.41, 5.74) is -1.80. The van der Waals surface area contributed by atoms with E-state index in [4.69, 9.17) is 20.8 Å². The third-order valence-electron chi connectivity index (χ3n) is 5.79. The second kappa shape index (κ2) is 10.6. The van der Waals surface area contributed by atoms with Crippen molar-refractivity contribution in [1.29, 1.82) is 0 Å². The van der Waals surface area contributed by atoms with Crippen molar-refractivity contribution in [3.8, 4) is 11.3 Å². The molecule has 2 aromatic heterocycles. The van der Waals surface area contributed by atoms with Crippen LogP contribution in [0.25, 0.3) is 17.4 Å². The number of thiazole rings is 1. The second-order valence-electron chi connectivity index (χ2n) is 8.33. The number of fused-ring (bicyclic) bond motifs is 1. The molecule has 0 amide bonds. The highest BCUT2D eigenvalue weighted by molar-refractivity contribution is 9.10. The number of halogens is 5. The van der Waals surface area contributed by atoms with E-state index in [-0.39, 0.29) is 21.5 Å². The summed E-state index contributed by atoms with van der Waals surface area (Å²) in [6.45, 7) is 1.31. The van der Waals surface area contributed by atoms with Crippen LogP contribution in [0.3, 0.4) is 0 Å². The molecule has 0 aliphatic carbocycles. The molecule has 5 rings (SSSR count). The summed E-state index contributed by atoms with van der Waals surface area (Å²) in [5.74, 6) is -0.357. The predicted molar refractivity (Wildman–Crippen MR) is 144 cm³/mol. The summed E-state index contributed by atoms with van der Waals surface area (Å²) in [4.78, 5) is 30.0. The molecule has 0 spiro atoms. The number of hydrogen-bond donors (Lipinski definition) is 0. The van der Waals surface area contributed by atoms with Crippen molar-refractivity contribution in [2.45, 2.75) is 19.1 Å². The third kappa shape index (κ3) is 5.39. The van der Waals surface area contributed by atoms with Crippen LogP contribution in [0.2, 0.25) is 5.02 Å². The molecule has 0 N–H and O–H groups in total. The van der Waals surface area contributed by atoms with Crippen molar-refractivity contribution < 1.29 is 27.1 Å². The lowest BCUT2D eigenvalue weighted by Gasteiger charge is -2.26. The molecular weight excluding hydrogens is 621 g/mol. The molecule has 0 radical (unpaired) electrons. The molecule has 1 aliphatic heterocycles. The molecule has 200 valence electrons. The number of allylic oxidation sites excluding steroid dienone is 1. The highest BCUT2D eigenvalue weighted by Crippen LogP contribution is 2.38. The van der Waals surface area contributed by atoms with Crippen LogP contribution in [0.1, 0.15) is 24.3 Å². The fraction of sp³-hybridized carbons (Fsp3) is 0.148. The van der Waals surface area contributed by atoms with Gasteiger partial charge in [0, 0.05) is 21.1 Å². The molecule has 4 aromatic rings. The van der Waals surface area contributed by atoms with Crippen molar-refractivity contribution >= 4 is 50.9 Å². The summed E-state index contributed by atoms with van der Waals surface area (Å²) < 4.78 is 55.4. The fourth-order valence-corrected chi connectivity index (χ4v) is 5.66. The quantitative estimate of drug-likeness (QED) is 0.251. The van der Waals surface area contributed by atoms with Crippen LogP contribution in [0.4, 0.5) is 13.2 Å². The predicted octanol–water partition coefficient (Wildman–Crippen LogP) is 6.02. The Kier molecular flexibility index (Phi) is 7.41. The number of benzene rings is 2. The maximum Gasteiger partial charge on any atom is 0.434 e. The Morgan fingerprint density at radius 3 is 2.62 bits per heavy atom. The van der Waals surface area contributed by atoms with Gasteiger partial charge in [0.05, 0.1) is 22.8 Å². The summed E-state index contributed by atoms with van der Waals surface area (Å²) in [6.07, 6.45) is -3.55. The Bertz CT molecular complexity index is 1790. The number of aromatic nitrogens is 1. The highest BCUT2D eigenvalue weighted by atomic mass is 79.9. The minimum atomic E-state index is -4.98. The Labute approximate surface area is 236 Å². The number of ether oxygens (including phenoxy) is 1. The van der Waals surface area contributed by atoms with Gasteiger partial charge in [-0.25, -0.2) is 9.79 Å². The van der Waals surface area contributed by atoms with Gasteiger partial charge in [0.1, 0.15) is 11.5 Å². The second-order valence-corrected chi connectivity index (χ2v) is 10.7. The van der Waals surface area contributed by atoms with Crippen molar-refractivity contribution in [3.05, 3.63) is 112 Å². The minimum Gasteiger partial charge on any atom is -0.463 e. The summed E-state index contributed by atoms with van der Waals surface area (Å²) in [6, 6.07) is 15.2. The van der Waals surface area contributed by atoms with Gasteiger partial charge >= 0.3 is 12.1 Å². The fourth-order valence-electron chi connectivity index (χ4n) is 4.16. The molecule has 6 nitrogen and oxygen atoms in total. The molecule has 0 saturated heterocycles. The number of hydrogen-bond acceptors (Lipinski definition) is 6. The molecule has 39 heavy (non-hydrogen) atoms. The van der Waals surface area contributed by atoms with E-state index in [1.807, 2.05) is 24.3 Å². The minimum absolute atomic E-state index is 0.0782. The number of carbonyl (C=O) groups is 1. The monoisotopic (exact) mass is 636 g/mol. The van der Waals surface area contributed by atoms with Crippen LogP contribution in [0.15, 0.2) is 90.6 Å². The maximum atomic E-state index is 14.2. The Hall–Kier alpha value is -3.41. The lowest BCUT2D eigenvalue weighted by Crippen LogP contribution is -2.41. The normalized spacial score (nSPS) is 15.7. The number of alkyl halides is 3. The zero-order valence-corrected chi connectivity index (χ0v) is 23.1. The van der Waals surface area contributed by atoms with Crippen molar-refractivity contribution in [2.24, 2.45) is 4.99 Å². The van der Waals surface area contributed by atoms with Gasteiger partial charge in [0.25, 0.3) is 5.56 Å². The summed E-state index contributed by atoms with van der Waals surface area (Å²) >= 11 is 10.2. The van der Waals surface area contributed by atoms with Gasteiger partial charge < -0.3 is 9.15 Å². The topological polar surface area (TPSA) is 73.8 Å². The Balaban J connectivity index is 1.71. The summed E-state index contributed by atoms with van der Waals surface area (Å²) in [7, 11) is 0. The van der Waals surface area contributed by atoms with Crippen LogP contribution in [-0.4, -0.2) is 23.3 Å². The molecular formula is C27H17BrClF3N2O4S.